The fraction of sp³-hybridized carbons (Fsp3) is 0.417. The van der Waals surface area contributed by atoms with Gasteiger partial charge in [-0.05, 0) is 61.8 Å². The van der Waals surface area contributed by atoms with Crippen LogP contribution in [0.15, 0.2) is 30.5 Å². The predicted octanol–water partition coefficient (Wildman–Crippen LogP) is 3.71. The van der Waals surface area contributed by atoms with Crippen LogP contribution in [0.4, 0.5) is 5.69 Å². The summed E-state index contributed by atoms with van der Waals surface area (Å²) in [4.78, 5) is 32.3. The number of esters is 1. The topological polar surface area (TPSA) is 117 Å². The molecule has 1 aromatic carbocycles. The number of hydrogen-bond donors (Lipinski definition) is 2. The molecule has 1 fully saturated rings. The molecule has 32 heavy (non-hydrogen) atoms. The van der Waals surface area contributed by atoms with Crippen LogP contribution in [-0.2, 0) is 19.7 Å². The molecule has 2 aromatic rings. The van der Waals surface area contributed by atoms with E-state index in [1.165, 1.54) is 13.3 Å². The molecular weight excluding hydrogens is 408 g/mol. The molecule has 0 saturated carbocycles. The average molecular weight is 434 g/mol. The molecule has 4 rings (SSSR count). The lowest BCUT2D eigenvalue weighted by Gasteiger charge is -2.35. The van der Waals surface area contributed by atoms with Gasteiger partial charge in [-0.3, -0.25) is 9.59 Å². The van der Waals surface area contributed by atoms with Crippen molar-refractivity contribution in [3.63, 3.8) is 0 Å². The van der Waals surface area contributed by atoms with E-state index >= 15 is 0 Å². The quantitative estimate of drug-likeness (QED) is 0.693. The van der Waals surface area contributed by atoms with Crippen LogP contribution in [0, 0.1) is 11.3 Å². The summed E-state index contributed by atoms with van der Waals surface area (Å²) in [6, 6.07) is 7.67. The molecule has 0 atom stereocenters. The Kier molecular flexibility index (Phi) is 6.37. The average Bonchev–Trinajstić information content (AvgIpc) is 3.34. The van der Waals surface area contributed by atoms with Crippen molar-refractivity contribution in [2.45, 2.75) is 43.9 Å². The second kappa shape index (κ2) is 9.37. The largest absolute Gasteiger partial charge is 0.468 e. The van der Waals surface area contributed by atoms with E-state index in [1.807, 2.05) is 24.3 Å². The Bertz CT molecular complexity index is 1090. The van der Waals surface area contributed by atoms with E-state index in [0.717, 1.165) is 42.4 Å². The summed E-state index contributed by atoms with van der Waals surface area (Å²) in [6.07, 6.45) is 8.72. The van der Waals surface area contributed by atoms with Crippen LogP contribution in [0.2, 0.25) is 0 Å². The summed E-state index contributed by atoms with van der Waals surface area (Å²) in [5.74, 6) is -0.615. The van der Waals surface area contributed by atoms with Gasteiger partial charge in [0.15, 0.2) is 5.82 Å². The number of aromatic nitrogens is 2. The number of allylic oxidation sites excluding steroid dienone is 2. The zero-order chi connectivity index (χ0) is 22.6. The number of benzene rings is 1. The molecule has 2 heterocycles. The van der Waals surface area contributed by atoms with Gasteiger partial charge in [-0.1, -0.05) is 12.1 Å². The molecule has 166 valence electrons. The van der Waals surface area contributed by atoms with Crippen molar-refractivity contribution in [3.05, 3.63) is 53.1 Å². The number of anilines is 1. The van der Waals surface area contributed by atoms with Crippen molar-refractivity contribution in [2.75, 3.05) is 25.6 Å². The van der Waals surface area contributed by atoms with Crippen LogP contribution in [0.1, 0.15) is 66.0 Å². The lowest BCUT2D eigenvalue weighted by molar-refractivity contribution is -0.151. The maximum atomic E-state index is 12.9. The highest BCUT2D eigenvalue weighted by Crippen LogP contribution is 2.40. The summed E-state index contributed by atoms with van der Waals surface area (Å²) in [5, 5.41) is 11.9. The maximum absolute atomic E-state index is 12.9. The third-order valence-corrected chi connectivity index (χ3v) is 6.29. The van der Waals surface area contributed by atoms with E-state index in [0.29, 0.717) is 31.7 Å². The highest BCUT2D eigenvalue weighted by atomic mass is 16.5. The Morgan fingerprint density at radius 1 is 1.28 bits per heavy atom. The standard InChI is InChI=1S/C24H26N4O4/c1-31-23(30)24(9-11-32-12-10-24)17-7-8-20(19(13-17)16-5-3-2-4-6-16)28-22(29)21-26-15-18(14-25)27-21/h5,7-8,13,15H,2-4,6,9-12H2,1H3,(H,26,27)(H,28,29). The molecular formula is C24H26N4O4. The van der Waals surface area contributed by atoms with Gasteiger partial charge in [-0.2, -0.15) is 5.26 Å². The summed E-state index contributed by atoms with van der Waals surface area (Å²) >= 11 is 0. The monoisotopic (exact) mass is 434 g/mol. The number of methoxy groups -OCH3 is 1. The van der Waals surface area contributed by atoms with Gasteiger partial charge in [0.1, 0.15) is 11.8 Å². The summed E-state index contributed by atoms with van der Waals surface area (Å²) in [6.45, 7) is 0.983. The summed E-state index contributed by atoms with van der Waals surface area (Å²) in [5.41, 5.74) is 3.03. The fourth-order valence-electron chi connectivity index (χ4n) is 4.50. The van der Waals surface area contributed by atoms with Gasteiger partial charge < -0.3 is 19.8 Å². The molecule has 2 N–H and O–H groups in total. The number of H-pyrrole nitrogens is 1. The van der Waals surface area contributed by atoms with Gasteiger partial charge in [0.2, 0.25) is 0 Å². The first kappa shape index (κ1) is 21.8. The van der Waals surface area contributed by atoms with Crippen LogP contribution in [0.25, 0.3) is 5.57 Å². The molecule has 1 aliphatic carbocycles. The zero-order valence-corrected chi connectivity index (χ0v) is 18.1. The number of nitriles is 1. The molecule has 0 bridgehead atoms. The summed E-state index contributed by atoms with van der Waals surface area (Å²) < 4.78 is 10.7. The first-order valence-corrected chi connectivity index (χ1v) is 10.8. The van der Waals surface area contributed by atoms with Gasteiger partial charge in [-0.25, -0.2) is 4.98 Å². The SMILES string of the molecule is COC(=O)C1(c2ccc(NC(=O)c3ncc(C#N)[nH]3)c(C3=CCCCC3)c2)CCOCC1. The Labute approximate surface area is 186 Å². The third kappa shape index (κ3) is 4.16. The van der Waals surface area contributed by atoms with Crippen molar-refractivity contribution < 1.29 is 19.1 Å². The number of nitrogens with zero attached hydrogens (tertiary/aromatic N) is 2. The van der Waals surface area contributed by atoms with E-state index < -0.39 is 11.3 Å². The molecule has 2 aliphatic rings. The minimum Gasteiger partial charge on any atom is -0.468 e. The smallest absolute Gasteiger partial charge is 0.316 e. The van der Waals surface area contributed by atoms with E-state index in [9.17, 15) is 9.59 Å². The Morgan fingerprint density at radius 2 is 2.09 bits per heavy atom. The van der Waals surface area contributed by atoms with Crippen molar-refractivity contribution in [3.8, 4) is 6.07 Å². The summed E-state index contributed by atoms with van der Waals surface area (Å²) in [7, 11) is 1.41. The fourth-order valence-corrected chi connectivity index (χ4v) is 4.50. The third-order valence-electron chi connectivity index (χ3n) is 6.29. The Morgan fingerprint density at radius 3 is 2.75 bits per heavy atom. The molecule has 8 heteroatoms. The predicted molar refractivity (Wildman–Crippen MR) is 118 cm³/mol. The molecule has 1 saturated heterocycles. The number of amides is 1. The van der Waals surface area contributed by atoms with Gasteiger partial charge in [0.05, 0.1) is 18.7 Å². The number of rotatable bonds is 5. The van der Waals surface area contributed by atoms with Crippen LogP contribution < -0.4 is 5.32 Å². The zero-order valence-electron chi connectivity index (χ0n) is 18.1. The second-order valence-electron chi connectivity index (χ2n) is 8.13. The number of aromatic amines is 1. The van der Waals surface area contributed by atoms with Gasteiger partial charge >= 0.3 is 5.97 Å². The van der Waals surface area contributed by atoms with Gasteiger partial charge in [0.25, 0.3) is 5.91 Å². The van der Waals surface area contributed by atoms with Crippen LogP contribution in [0.3, 0.4) is 0 Å². The van der Waals surface area contributed by atoms with Gasteiger partial charge in [0, 0.05) is 24.5 Å². The number of carbonyl (C=O) groups excluding carboxylic acids is 2. The molecule has 0 unspecified atom stereocenters. The number of carbonyl (C=O) groups is 2. The van der Waals surface area contributed by atoms with Crippen LogP contribution >= 0.6 is 0 Å². The molecule has 8 nitrogen and oxygen atoms in total. The van der Waals surface area contributed by atoms with E-state index in [-0.39, 0.29) is 17.5 Å². The van der Waals surface area contributed by atoms with E-state index in [4.69, 9.17) is 14.7 Å². The van der Waals surface area contributed by atoms with Gasteiger partial charge in [-0.15, -0.1) is 0 Å². The normalized spacial score (nSPS) is 17.7. The first-order chi connectivity index (χ1) is 15.6. The van der Waals surface area contributed by atoms with Crippen molar-refractivity contribution in [1.29, 1.82) is 5.26 Å². The van der Waals surface area contributed by atoms with E-state index in [1.54, 1.807) is 0 Å². The van der Waals surface area contributed by atoms with Crippen molar-refractivity contribution >= 4 is 23.1 Å². The lowest BCUT2D eigenvalue weighted by atomic mass is 9.73. The molecule has 1 amide bonds. The minimum atomic E-state index is -0.762. The van der Waals surface area contributed by atoms with E-state index in [2.05, 4.69) is 21.4 Å². The highest BCUT2D eigenvalue weighted by molar-refractivity contribution is 6.03. The molecule has 0 radical (unpaired) electrons. The number of hydrogen-bond acceptors (Lipinski definition) is 6. The van der Waals surface area contributed by atoms with Crippen LogP contribution in [-0.4, -0.2) is 42.2 Å². The molecule has 1 aromatic heterocycles. The number of ether oxygens (including phenoxy) is 2. The lowest BCUT2D eigenvalue weighted by Crippen LogP contribution is -2.42. The number of nitrogens with one attached hydrogen (secondary N) is 2. The minimum absolute atomic E-state index is 0.0738. The Hall–Kier alpha value is -3.44. The first-order valence-electron chi connectivity index (χ1n) is 10.8. The molecule has 1 aliphatic heterocycles. The number of imidazole rings is 1. The van der Waals surface area contributed by atoms with Crippen molar-refractivity contribution in [1.82, 2.24) is 9.97 Å². The molecule has 0 spiro atoms. The highest BCUT2D eigenvalue weighted by Gasteiger charge is 2.43. The maximum Gasteiger partial charge on any atom is 0.316 e. The van der Waals surface area contributed by atoms with Crippen LogP contribution in [0.5, 0.6) is 0 Å². The second-order valence-corrected chi connectivity index (χ2v) is 8.13. The Balaban J connectivity index is 1.74. The van der Waals surface area contributed by atoms with Crippen molar-refractivity contribution in [2.24, 2.45) is 0 Å².